The second kappa shape index (κ2) is 14.1. The normalized spacial score (nSPS) is 13.8. The molecule has 0 saturated heterocycles. The fraction of sp³-hybridized carbons (Fsp3) is 0.929. The fourth-order valence-corrected chi connectivity index (χ4v) is 1.50. The van der Waals surface area contributed by atoms with Gasteiger partial charge >= 0.3 is 0 Å². The number of hydrogen-bond donors (Lipinski definition) is 2. The van der Waals surface area contributed by atoms with Crippen LogP contribution in [0, 0.1) is 0 Å². The van der Waals surface area contributed by atoms with Crippen molar-refractivity contribution < 1.29 is 19.4 Å². The Morgan fingerprint density at radius 2 is 1.62 bits per heavy atom. The highest BCUT2D eigenvalue weighted by molar-refractivity contribution is 5.84. The highest BCUT2D eigenvalue weighted by Crippen LogP contribution is 1.95. The zero-order valence-corrected chi connectivity index (χ0v) is 13.6. The molecule has 0 heterocycles. The van der Waals surface area contributed by atoms with Crippen LogP contribution in [-0.2, 0) is 14.2 Å². The Morgan fingerprint density at radius 1 is 1.10 bits per heavy atom. The minimum absolute atomic E-state index is 0.116. The zero-order valence-electron chi connectivity index (χ0n) is 13.6. The molecule has 0 spiro atoms. The summed E-state index contributed by atoms with van der Waals surface area (Å²) in [6.07, 6.45) is 2.25. The predicted molar refractivity (Wildman–Crippen MR) is 82.9 cm³/mol. The van der Waals surface area contributed by atoms with Gasteiger partial charge in [-0.25, -0.2) is 0 Å². The Labute approximate surface area is 128 Å². The average Bonchev–Trinajstić information content (AvgIpc) is 2.50. The molecule has 0 fully saturated rings. The van der Waals surface area contributed by atoms with Crippen molar-refractivity contribution in [3.05, 3.63) is 0 Å². The van der Waals surface area contributed by atoms with E-state index in [0.29, 0.717) is 39.6 Å². The van der Waals surface area contributed by atoms with Gasteiger partial charge in [0.05, 0.1) is 39.1 Å². The van der Waals surface area contributed by atoms with E-state index >= 15 is 0 Å². The molecule has 7 heteroatoms. The van der Waals surface area contributed by atoms with Crippen LogP contribution in [-0.4, -0.2) is 75.2 Å². The molecule has 21 heavy (non-hydrogen) atoms. The summed E-state index contributed by atoms with van der Waals surface area (Å²) in [5, 5.41) is 11.6. The van der Waals surface area contributed by atoms with Gasteiger partial charge in [-0.05, 0) is 20.4 Å². The Morgan fingerprint density at radius 3 is 2.14 bits per heavy atom. The monoisotopic (exact) mass is 305 g/mol. The number of oxime groups is 1. The molecule has 0 aromatic heterocycles. The van der Waals surface area contributed by atoms with Gasteiger partial charge in [0.2, 0.25) is 0 Å². The predicted octanol–water partition coefficient (Wildman–Crippen LogP) is 0.903. The first-order valence-corrected chi connectivity index (χ1v) is 7.54. The maximum atomic E-state index is 8.59. The summed E-state index contributed by atoms with van der Waals surface area (Å²) < 4.78 is 16.2. The van der Waals surface area contributed by atoms with Crippen LogP contribution in [0.15, 0.2) is 5.16 Å². The molecule has 0 aliphatic rings. The summed E-state index contributed by atoms with van der Waals surface area (Å²) in [4.78, 5) is 1.96. The van der Waals surface area contributed by atoms with Crippen LogP contribution in [0.1, 0.15) is 26.7 Å². The molecule has 0 aliphatic carbocycles. The van der Waals surface area contributed by atoms with Crippen LogP contribution in [0.4, 0.5) is 0 Å². The largest absolute Gasteiger partial charge is 0.409 e. The summed E-state index contributed by atoms with van der Waals surface area (Å²) >= 11 is 0. The number of hydrogen-bond acceptors (Lipinski definition) is 6. The molecule has 0 aliphatic heterocycles. The maximum absolute atomic E-state index is 8.59. The Kier molecular flexibility index (Phi) is 13.5. The Hall–Kier alpha value is -0.890. The highest BCUT2D eigenvalue weighted by Gasteiger charge is 2.12. The SMILES string of the molecule is CCCCOCCOCCOCCN(C)C(C)C(N)=NO. The first kappa shape index (κ1) is 20.1. The van der Waals surface area contributed by atoms with Gasteiger partial charge in [0, 0.05) is 13.2 Å². The van der Waals surface area contributed by atoms with Crippen molar-refractivity contribution in [3.63, 3.8) is 0 Å². The van der Waals surface area contributed by atoms with E-state index in [1.165, 1.54) is 0 Å². The summed E-state index contributed by atoms with van der Waals surface area (Å²) in [6, 6.07) is -0.116. The van der Waals surface area contributed by atoms with E-state index in [2.05, 4.69) is 12.1 Å². The molecule has 0 bridgehead atoms. The highest BCUT2D eigenvalue weighted by atomic mass is 16.5. The van der Waals surface area contributed by atoms with Crippen LogP contribution < -0.4 is 5.73 Å². The van der Waals surface area contributed by atoms with E-state index in [4.69, 9.17) is 25.2 Å². The van der Waals surface area contributed by atoms with E-state index in [9.17, 15) is 0 Å². The number of ether oxygens (including phenoxy) is 3. The minimum atomic E-state index is -0.116. The fourth-order valence-electron chi connectivity index (χ4n) is 1.50. The van der Waals surface area contributed by atoms with Crippen LogP contribution in [0.5, 0.6) is 0 Å². The molecule has 0 saturated carbocycles. The van der Waals surface area contributed by atoms with Gasteiger partial charge in [-0.3, -0.25) is 4.90 Å². The molecular formula is C14H31N3O4. The summed E-state index contributed by atoms with van der Waals surface area (Å²) in [5.41, 5.74) is 5.53. The standard InChI is InChI=1S/C14H31N3O4/c1-4-5-7-19-9-11-21-12-10-20-8-6-17(3)13(2)14(15)16-18/h13,18H,4-12H2,1-3H3,(H2,15,16). The molecule has 126 valence electrons. The topological polar surface area (TPSA) is 89.5 Å². The molecular weight excluding hydrogens is 274 g/mol. The molecule has 7 nitrogen and oxygen atoms in total. The molecule has 0 radical (unpaired) electrons. The van der Waals surface area contributed by atoms with E-state index in [-0.39, 0.29) is 11.9 Å². The van der Waals surface area contributed by atoms with Gasteiger partial charge in [-0.2, -0.15) is 0 Å². The zero-order chi connectivity index (χ0) is 15.9. The number of likely N-dealkylation sites (N-methyl/N-ethyl adjacent to an activating group) is 1. The van der Waals surface area contributed by atoms with Crippen molar-refractivity contribution in [1.29, 1.82) is 0 Å². The van der Waals surface area contributed by atoms with E-state index < -0.39 is 0 Å². The molecule has 1 unspecified atom stereocenters. The number of unbranched alkanes of at least 4 members (excludes halogenated alkanes) is 1. The van der Waals surface area contributed by atoms with Crippen LogP contribution in [0.25, 0.3) is 0 Å². The van der Waals surface area contributed by atoms with Crippen LogP contribution >= 0.6 is 0 Å². The number of nitrogens with zero attached hydrogens (tertiary/aromatic N) is 2. The van der Waals surface area contributed by atoms with E-state index in [0.717, 1.165) is 19.4 Å². The van der Waals surface area contributed by atoms with Crippen LogP contribution in [0.2, 0.25) is 0 Å². The van der Waals surface area contributed by atoms with E-state index in [1.807, 2.05) is 18.9 Å². The van der Waals surface area contributed by atoms with Gasteiger partial charge < -0.3 is 25.2 Å². The molecule has 0 aromatic carbocycles. The lowest BCUT2D eigenvalue weighted by atomic mass is 10.3. The van der Waals surface area contributed by atoms with Gasteiger partial charge in [0.25, 0.3) is 0 Å². The summed E-state index contributed by atoms with van der Waals surface area (Å²) in [7, 11) is 1.90. The van der Waals surface area contributed by atoms with Crippen molar-refractivity contribution in [2.45, 2.75) is 32.7 Å². The lowest BCUT2D eigenvalue weighted by molar-refractivity contribution is 0.0107. The smallest absolute Gasteiger partial charge is 0.156 e. The number of amidine groups is 1. The lowest BCUT2D eigenvalue weighted by Crippen LogP contribution is -2.42. The first-order valence-electron chi connectivity index (χ1n) is 7.54. The van der Waals surface area contributed by atoms with Gasteiger partial charge in [0.15, 0.2) is 5.84 Å². The van der Waals surface area contributed by atoms with Gasteiger partial charge in [-0.15, -0.1) is 0 Å². The molecule has 1 atom stereocenters. The van der Waals surface area contributed by atoms with Crippen molar-refractivity contribution in [1.82, 2.24) is 4.90 Å². The van der Waals surface area contributed by atoms with Gasteiger partial charge in [0.1, 0.15) is 0 Å². The van der Waals surface area contributed by atoms with Gasteiger partial charge in [-0.1, -0.05) is 18.5 Å². The second-order valence-corrected chi connectivity index (χ2v) is 4.87. The van der Waals surface area contributed by atoms with Crippen molar-refractivity contribution in [3.8, 4) is 0 Å². The Balaban J connectivity index is 3.32. The van der Waals surface area contributed by atoms with Crippen molar-refractivity contribution >= 4 is 5.84 Å². The quantitative estimate of drug-likeness (QED) is 0.163. The third kappa shape index (κ3) is 11.4. The third-order valence-electron chi connectivity index (χ3n) is 3.18. The average molecular weight is 305 g/mol. The first-order chi connectivity index (χ1) is 10.1. The van der Waals surface area contributed by atoms with Crippen molar-refractivity contribution in [2.24, 2.45) is 10.9 Å². The van der Waals surface area contributed by atoms with E-state index in [1.54, 1.807) is 0 Å². The number of rotatable bonds is 14. The Bertz CT molecular complexity index is 265. The number of nitrogens with two attached hydrogens (primary N) is 1. The maximum Gasteiger partial charge on any atom is 0.156 e. The molecule has 3 N–H and O–H groups in total. The van der Waals surface area contributed by atoms with Crippen LogP contribution in [0.3, 0.4) is 0 Å². The summed E-state index contributed by atoms with van der Waals surface area (Å²) in [5.74, 6) is 0.198. The molecule has 0 rings (SSSR count). The molecule has 0 aromatic rings. The third-order valence-corrected chi connectivity index (χ3v) is 3.18. The lowest BCUT2D eigenvalue weighted by Gasteiger charge is -2.23. The summed E-state index contributed by atoms with van der Waals surface area (Å²) in [6.45, 7) is 8.47. The minimum Gasteiger partial charge on any atom is -0.409 e. The van der Waals surface area contributed by atoms with Crippen molar-refractivity contribution in [2.75, 3.05) is 53.2 Å². The second-order valence-electron chi connectivity index (χ2n) is 4.87. The molecule has 0 amide bonds.